The van der Waals surface area contributed by atoms with Crippen molar-refractivity contribution in [1.82, 2.24) is 25.6 Å². The van der Waals surface area contributed by atoms with Crippen molar-refractivity contribution in [1.29, 1.82) is 0 Å². The van der Waals surface area contributed by atoms with Crippen LogP contribution in [0.2, 0.25) is 0 Å². The summed E-state index contributed by atoms with van der Waals surface area (Å²) in [4.78, 5) is 5.05. The van der Waals surface area contributed by atoms with Gasteiger partial charge in [-0.1, -0.05) is 39.3 Å². The molecule has 158 valence electrons. The molecule has 1 aromatic carbocycles. The summed E-state index contributed by atoms with van der Waals surface area (Å²) in [6, 6.07) is 5.36. The third kappa shape index (κ3) is 3.82. The van der Waals surface area contributed by atoms with E-state index in [1.54, 1.807) is 12.1 Å². The summed E-state index contributed by atoms with van der Waals surface area (Å²) in [6.07, 6.45) is 0.498. The minimum Gasteiger partial charge on any atom is -0.256 e. The van der Waals surface area contributed by atoms with Gasteiger partial charge in [-0.25, -0.2) is 5.10 Å². The van der Waals surface area contributed by atoms with Gasteiger partial charge in [0.25, 0.3) is 0 Å². The molecule has 0 bridgehead atoms. The van der Waals surface area contributed by atoms with Crippen molar-refractivity contribution in [2.24, 2.45) is 0 Å². The largest absolute Gasteiger partial charge is 0.416 e. The monoisotopic (exact) mass is 415 g/mol. The van der Waals surface area contributed by atoms with Gasteiger partial charge >= 0.3 is 6.18 Å². The van der Waals surface area contributed by atoms with Gasteiger partial charge in [0.2, 0.25) is 0 Å². The van der Waals surface area contributed by atoms with E-state index < -0.39 is 11.7 Å². The Morgan fingerprint density at radius 3 is 2.20 bits per heavy atom. The number of pyridine rings is 1. The Bertz CT molecular complexity index is 1030. The fraction of sp³-hybridized carbons (Fsp3) is 0.455. The first-order valence-electron chi connectivity index (χ1n) is 10.1. The highest BCUT2D eigenvalue weighted by atomic mass is 19.4. The number of aromatic nitrogens is 5. The number of alkyl halides is 3. The topological polar surface area (TPSA) is 67.3 Å². The van der Waals surface area contributed by atoms with Crippen LogP contribution in [0.3, 0.4) is 0 Å². The maximum Gasteiger partial charge on any atom is 0.416 e. The minimum absolute atomic E-state index is 0.301. The molecule has 2 heterocycles. The maximum atomic E-state index is 13.1. The van der Waals surface area contributed by atoms with Gasteiger partial charge in [0.1, 0.15) is 0 Å². The third-order valence-electron chi connectivity index (χ3n) is 5.52. The number of tetrazole rings is 1. The first kappa shape index (κ1) is 20.5. The highest BCUT2D eigenvalue weighted by Gasteiger charge is 2.32. The van der Waals surface area contributed by atoms with Crippen LogP contribution in [0.1, 0.15) is 62.5 Å². The van der Waals surface area contributed by atoms with Crippen LogP contribution in [0.5, 0.6) is 0 Å². The van der Waals surface area contributed by atoms with E-state index in [-0.39, 0.29) is 5.41 Å². The van der Waals surface area contributed by atoms with E-state index in [9.17, 15) is 13.2 Å². The molecule has 0 atom stereocenters. The zero-order valence-corrected chi connectivity index (χ0v) is 17.3. The SMILES string of the molecule is CC(C)(C)c1nc2c(c(-c3ccc(C(F)(F)F)cc3)c1-c1nnn[nH]1)CCCCC2. The van der Waals surface area contributed by atoms with Crippen molar-refractivity contribution in [3.63, 3.8) is 0 Å². The summed E-state index contributed by atoms with van der Waals surface area (Å²) in [5.74, 6) is 0.481. The second kappa shape index (κ2) is 7.49. The lowest BCUT2D eigenvalue weighted by Crippen LogP contribution is -2.19. The van der Waals surface area contributed by atoms with Crippen molar-refractivity contribution < 1.29 is 13.2 Å². The van der Waals surface area contributed by atoms with Crippen molar-refractivity contribution in [2.45, 2.75) is 64.5 Å². The highest BCUT2D eigenvalue weighted by Crippen LogP contribution is 2.43. The van der Waals surface area contributed by atoms with Gasteiger partial charge in [-0.15, -0.1) is 5.10 Å². The van der Waals surface area contributed by atoms with E-state index in [0.717, 1.165) is 77.9 Å². The molecule has 1 aliphatic carbocycles. The molecule has 0 saturated carbocycles. The molecule has 1 N–H and O–H groups in total. The van der Waals surface area contributed by atoms with E-state index >= 15 is 0 Å². The van der Waals surface area contributed by atoms with Crippen LogP contribution in [-0.2, 0) is 24.4 Å². The molecule has 3 aromatic rings. The Balaban J connectivity index is 2.04. The smallest absolute Gasteiger partial charge is 0.256 e. The average Bonchev–Trinajstić information content (AvgIpc) is 3.10. The number of rotatable bonds is 2. The van der Waals surface area contributed by atoms with E-state index in [1.165, 1.54) is 0 Å². The summed E-state index contributed by atoms with van der Waals surface area (Å²) in [5, 5.41) is 14.5. The molecule has 0 radical (unpaired) electrons. The molecule has 0 aliphatic heterocycles. The highest BCUT2D eigenvalue weighted by molar-refractivity contribution is 5.85. The number of nitrogens with zero attached hydrogens (tertiary/aromatic N) is 4. The normalized spacial score (nSPS) is 15.0. The zero-order chi connectivity index (χ0) is 21.5. The molecule has 2 aromatic heterocycles. The Morgan fingerprint density at radius 1 is 0.900 bits per heavy atom. The summed E-state index contributed by atoms with van der Waals surface area (Å²) in [5.41, 5.74) is 4.38. The molecule has 0 amide bonds. The summed E-state index contributed by atoms with van der Waals surface area (Å²) in [6.45, 7) is 6.22. The van der Waals surface area contributed by atoms with Crippen molar-refractivity contribution in [3.8, 4) is 22.5 Å². The van der Waals surface area contributed by atoms with Gasteiger partial charge in [0.05, 0.1) is 16.8 Å². The molecule has 30 heavy (non-hydrogen) atoms. The van der Waals surface area contributed by atoms with Crippen LogP contribution in [-0.4, -0.2) is 25.6 Å². The van der Waals surface area contributed by atoms with Crippen LogP contribution in [0.25, 0.3) is 22.5 Å². The lowest BCUT2D eigenvalue weighted by atomic mass is 9.81. The lowest BCUT2D eigenvalue weighted by Gasteiger charge is -2.26. The number of aryl methyl sites for hydroxylation is 1. The van der Waals surface area contributed by atoms with Crippen LogP contribution in [0.15, 0.2) is 24.3 Å². The number of hydrogen-bond donors (Lipinski definition) is 1. The third-order valence-corrected chi connectivity index (χ3v) is 5.52. The second-order valence-corrected chi connectivity index (χ2v) is 8.77. The van der Waals surface area contributed by atoms with Crippen LogP contribution in [0.4, 0.5) is 13.2 Å². The van der Waals surface area contributed by atoms with Gasteiger partial charge in [-0.05, 0) is 64.9 Å². The molecule has 8 heteroatoms. The lowest BCUT2D eigenvalue weighted by molar-refractivity contribution is -0.137. The van der Waals surface area contributed by atoms with Crippen molar-refractivity contribution in [2.75, 3.05) is 0 Å². The number of hydrogen-bond acceptors (Lipinski definition) is 4. The van der Waals surface area contributed by atoms with E-state index in [0.29, 0.717) is 5.82 Å². The number of H-pyrrole nitrogens is 1. The van der Waals surface area contributed by atoms with E-state index in [1.807, 2.05) is 0 Å². The predicted molar refractivity (Wildman–Crippen MR) is 108 cm³/mol. The average molecular weight is 415 g/mol. The fourth-order valence-electron chi connectivity index (χ4n) is 4.10. The Morgan fingerprint density at radius 2 is 1.60 bits per heavy atom. The van der Waals surface area contributed by atoms with Gasteiger partial charge in [-0.2, -0.15) is 13.2 Å². The van der Waals surface area contributed by atoms with E-state index in [4.69, 9.17) is 4.98 Å². The second-order valence-electron chi connectivity index (χ2n) is 8.77. The number of aromatic amines is 1. The molecular weight excluding hydrogens is 391 g/mol. The number of benzene rings is 1. The summed E-state index contributed by atoms with van der Waals surface area (Å²) < 4.78 is 39.4. The number of fused-ring (bicyclic) bond motifs is 1. The Labute approximate surface area is 173 Å². The fourth-order valence-corrected chi connectivity index (χ4v) is 4.10. The first-order chi connectivity index (χ1) is 14.2. The standard InChI is InChI=1S/C22H24F3N5/c1-21(2,3)19-18(20-27-29-30-28-20)17(15-7-5-4-6-8-16(15)26-19)13-9-11-14(12-10-13)22(23,24)25/h9-12H,4-8H2,1-3H3,(H,27,28,29,30). The molecule has 0 saturated heterocycles. The molecule has 0 fully saturated rings. The van der Waals surface area contributed by atoms with Crippen LogP contribution in [0, 0.1) is 0 Å². The molecule has 1 aliphatic rings. The number of halogens is 3. The summed E-state index contributed by atoms with van der Waals surface area (Å²) >= 11 is 0. The summed E-state index contributed by atoms with van der Waals surface area (Å²) in [7, 11) is 0. The van der Waals surface area contributed by atoms with E-state index in [2.05, 4.69) is 41.4 Å². The van der Waals surface area contributed by atoms with Gasteiger partial charge in [-0.3, -0.25) is 4.98 Å². The van der Waals surface area contributed by atoms with Gasteiger partial charge in [0, 0.05) is 11.1 Å². The van der Waals surface area contributed by atoms with Crippen LogP contribution < -0.4 is 0 Å². The maximum absolute atomic E-state index is 13.1. The molecule has 4 rings (SSSR count). The zero-order valence-electron chi connectivity index (χ0n) is 17.3. The van der Waals surface area contributed by atoms with Crippen molar-refractivity contribution in [3.05, 3.63) is 46.8 Å². The molecular formula is C22H24F3N5. The molecule has 0 spiro atoms. The Hall–Kier alpha value is -2.77. The minimum atomic E-state index is -4.37. The molecule has 0 unspecified atom stereocenters. The van der Waals surface area contributed by atoms with Crippen molar-refractivity contribution >= 4 is 0 Å². The Kier molecular flexibility index (Phi) is 5.11. The van der Waals surface area contributed by atoms with Crippen LogP contribution >= 0.6 is 0 Å². The van der Waals surface area contributed by atoms with Gasteiger partial charge in [0.15, 0.2) is 5.82 Å². The quantitative estimate of drug-likeness (QED) is 0.560. The predicted octanol–water partition coefficient (Wildman–Crippen LogP) is 5.51. The first-order valence-corrected chi connectivity index (χ1v) is 10.1. The number of nitrogens with one attached hydrogen (secondary N) is 1. The molecule has 5 nitrogen and oxygen atoms in total. The van der Waals surface area contributed by atoms with Gasteiger partial charge < -0.3 is 0 Å².